The maximum Gasteiger partial charge on any atom is 0.334 e. The molecule has 1 fully saturated rings. The first-order valence-corrected chi connectivity index (χ1v) is 7.87. The summed E-state index contributed by atoms with van der Waals surface area (Å²) in [5.41, 5.74) is 5.66. The number of benzene rings is 1. The Kier molecular flexibility index (Phi) is 4.33. The predicted molar refractivity (Wildman–Crippen MR) is 86.9 cm³/mol. The molecule has 0 saturated carbocycles. The lowest BCUT2D eigenvalue weighted by atomic mass is 10.1. The van der Waals surface area contributed by atoms with E-state index in [2.05, 4.69) is 0 Å². The highest BCUT2D eigenvalue weighted by molar-refractivity contribution is 6.45. The molecule has 2 heterocycles. The van der Waals surface area contributed by atoms with Crippen molar-refractivity contribution in [3.63, 3.8) is 0 Å². The average Bonchev–Trinajstić information content (AvgIpc) is 2.83. The number of para-hydroxylation sites is 2. The standard InChI is InChI=1S/C16H16N4O6/c1-2-18-14(23)15(24)20(16(18)25)8-12(21)19-7-11(13(17)22)26-10-6-4-3-5-9(10)19/h3-6,11H,2,7-8H2,1H3,(H2,17,22)/t11-/m1/s1. The van der Waals surface area contributed by atoms with Gasteiger partial charge in [0.25, 0.3) is 5.91 Å². The molecule has 0 bridgehead atoms. The fourth-order valence-corrected chi connectivity index (χ4v) is 2.81. The maximum absolute atomic E-state index is 12.7. The Morgan fingerprint density at radius 2 is 1.81 bits per heavy atom. The van der Waals surface area contributed by atoms with Crippen LogP contribution in [0.2, 0.25) is 0 Å². The number of rotatable bonds is 4. The van der Waals surface area contributed by atoms with E-state index >= 15 is 0 Å². The van der Waals surface area contributed by atoms with Crippen molar-refractivity contribution in [2.75, 3.05) is 24.5 Å². The number of hydrogen-bond donors (Lipinski definition) is 1. The third-order valence-corrected chi connectivity index (χ3v) is 4.14. The highest BCUT2D eigenvalue weighted by Gasteiger charge is 2.45. The quantitative estimate of drug-likeness (QED) is 0.546. The van der Waals surface area contributed by atoms with Gasteiger partial charge in [0.05, 0.1) is 12.2 Å². The lowest BCUT2D eigenvalue weighted by Crippen LogP contribution is -2.52. The topological polar surface area (TPSA) is 130 Å². The zero-order chi connectivity index (χ0) is 19.0. The van der Waals surface area contributed by atoms with E-state index in [0.717, 1.165) is 4.90 Å². The molecule has 2 N–H and O–H groups in total. The van der Waals surface area contributed by atoms with E-state index in [9.17, 15) is 24.0 Å². The van der Waals surface area contributed by atoms with E-state index in [1.165, 1.54) is 4.90 Å². The van der Waals surface area contributed by atoms with Crippen LogP contribution >= 0.6 is 0 Å². The van der Waals surface area contributed by atoms with E-state index in [1.807, 2.05) is 0 Å². The van der Waals surface area contributed by atoms with Crippen LogP contribution in [0.4, 0.5) is 10.5 Å². The summed E-state index contributed by atoms with van der Waals surface area (Å²) in [4.78, 5) is 62.6. The number of primary amides is 1. The lowest BCUT2D eigenvalue weighted by molar-refractivity contribution is -0.143. The molecular weight excluding hydrogens is 344 g/mol. The number of likely N-dealkylation sites (N-methyl/N-ethyl adjacent to an activating group) is 1. The van der Waals surface area contributed by atoms with Gasteiger partial charge in [-0.1, -0.05) is 12.1 Å². The summed E-state index contributed by atoms with van der Waals surface area (Å²) in [7, 11) is 0. The van der Waals surface area contributed by atoms with Crippen LogP contribution in [-0.4, -0.2) is 65.2 Å². The number of amides is 6. The van der Waals surface area contributed by atoms with Crippen LogP contribution in [0, 0.1) is 0 Å². The summed E-state index contributed by atoms with van der Waals surface area (Å²) in [5.74, 6) is -3.14. The number of carbonyl (C=O) groups is 5. The summed E-state index contributed by atoms with van der Waals surface area (Å²) in [5, 5.41) is 0. The van der Waals surface area contributed by atoms with Crippen molar-refractivity contribution in [1.82, 2.24) is 9.80 Å². The van der Waals surface area contributed by atoms with Gasteiger partial charge in [-0.25, -0.2) is 9.69 Å². The molecule has 136 valence electrons. The highest BCUT2D eigenvalue weighted by Crippen LogP contribution is 2.33. The molecule has 0 aliphatic carbocycles. The van der Waals surface area contributed by atoms with Crippen LogP contribution in [0.3, 0.4) is 0 Å². The van der Waals surface area contributed by atoms with Crippen molar-refractivity contribution in [2.24, 2.45) is 5.73 Å². The number of nitrogens with zero attached hydrogens (tertiary/aromatic N) is 3. The van der Waals surface area contributed by atoms with Crippen LogP contribution in [0.5, 0.6) is 5.75 Å². The molecule has 0 radical (unpaired) electrons. The SMILES string of the molecule is CCN1C(=O)C(=O)N(CC(=O)N2C[C@H](C(N)=O)Oc3ccccc32)C1=O. The number of urea groups is 1. The van der Waals surface area contributed by atoms with Crippen molar-refractivity contribution < 1.29 is 28.7 Å². The number of hydrogen-bond acceptors (Lipinski definition) is 6. The molecule has 0 spiro atoms. The van der Waals surface area contributed by atoms with Crippen LogP contribution in [0.15, 0.2) is 24.3 Å². The van der Waals surface area contributed by atoms with Gasteiger partial charge in [-0.05, 0) is 19.1 Å². The Hall–Kier alpha value is -3.43. The Morgan fingerprint density at radius 1 is 1.15 bits per heavy atom. The largest absolute Gasteiger partial charge is 0.477 e. The highest BCUT2D eigenvalue weighted by atomic mass is 16.5. The molecule has 26 heavy (non-hydrogen) atoms. The van der Waals surface area contributed by atoms with Crippen molar-refractivity contribution in [1.29, 1.82) is 0 Å². The van der Waals surface area contributed by atoms with Gasteiger partial charge in [-0.15, -0.1) is 0 Å². The van der Waals surface area contributed by atoms with Crippen molar-refractivity contribution >= 4 is 35.3 Å². The Bertz CT molecular complexity index is 823. The summed E-state index contributed by atoms with van der Waals surface area (Å²) < 4.78 is 5.46. The summed E-state index contributed by atoms with van der Waals surface area (Å²) in [6.45, 7) is 0.787. The van der Waals surface area contributed by atoms with Crippen molar-refractivity contribution in [3.8, 4) is 5.75 Å². The Balaban J connectivity index is 1.85. The van der Waals surface area contributed by atoms with E-state index in [0.29, 0.717) is 10.6 Å². The number of fused-ring (bicyclic) bond motifs is 1. The molecular formula is C16H16N4O6. The molecule has 6 amide bonds. The van der Waals surface area contributed by atoms with Gasteiger partial charge in [-0.3, -0.25) is 24.1 Å². The second kappa shape index (κ2) is 6.47. The Morgan fingerprint density at radius 3 is 2.42 bits per heavy atom. The zero-order valence-corrected chi connectivity index (χ0v) is 13.9. The number of ether oxygens (including phenoxy) is 1. The molecule has 2 aliphatic rings. The van der Waals surface area contributed by atoms with Gasteiger partial charge >= 0.3 is 17.8 Å². The molecule has 3 rings (SSSR count). The third-order valence-electron chi connectivity index (χ3n) is 4.14. The van der Waals surface area contributed by atoms with Crippen LogP contribution in [-0.2, 0) is 19.2 Å². The van der Waals surface area contributed by atoms with Crippen LogP contribution < -0.4 is 15.4 Å². The van der Waals surface area contributed by atoms with Crippen LogP contribution in [0.25, 0.3) is 0 Å². The molecule has 1 atom stereocenters. The van der Waals surface area contributed by atoms with Gasteiger partial charge < -0.3 is 15.4 Å². The second-order valence-corrected chi connectivity index (χ2v) is 5.70. The van der Waals surface area contributed by atoms with E-state index in [1.54, 1.807) is 31.2 Å². The number of nitrogens with two attached hydrogens (primary N) is 1. The predicted octanol–water partition coefficient (Wildman–Crippen LogP) is -0.923. The molecule has 0 unspecified atom stereocenters. The monoisotopic (exact) mass is 360 g/mol. The van der Waals surface area contributed by atoms with Crippen LogP contribution in [0.1, 0.15) is 6.92 Å². The van der Waals surface area contributed by atoms with Gasteiger partial charge in [0.15, 0.2) is 6.10 Å². The number of carbonyl (C=O) groups excluding carboxylic acids is 5. The first-order valence-electron chi connectivity index (χ1n) is 7.87. The lowest BCUT2D eigenvalue weighted by Gasteiger charge is -2.34. The average molecular weight is 360 g/mol. The summed E-state index contributed by atoms with van der Waals surface area (Å²) >= 11 is 0. The minimum Gasteiger partial charge on any atom is -0.477 e. The number of imide groups is 2. The van der Waals surface area contributed by atoms with Gasteiger partial charge in [0.1, 0.15) is 12.3 Å². The minimum atomic E-state index is -1.06. The number of anilines is 1. The fraction of sp³-hybridized carbons (Fsp3) is 0.312. The maximum atomic E-state index is 12.7. The first-order chi connectivity index (χ1) is 12.3. The minimum absolute atomic E-state index is 0.0260. The normalized spacial score (nSPS) is 19.5. The molecule has 1 aromatic carbocycles. The first kappa shape index (κ1) is 17.4. The molecule has 1 aromatic rings. The molecule has 0 aromatic heterocycles. The van der Waals surface area contributed by atoms with Gasteiger partial charge in [-0.2, -0.15) is 0 Å². The third kappa shape index (κ3) is 2.75. The van der Waals surface area contributed by atoms with Gasteiger partial charge in [0, 0.05) is 6.54 Å². The van der Waals surface area contributed by atoms with E-state index in [4.69, 9.17) is 10.5 Å². The molecule has 10 nitrogen and oxygen atoms in total. The molecule has 2 aliphatic heterocycles. The zero-order valence-electron chi connectivity index (χ0n) is 13.9. The summed E-state index contributed by atoms with van der Waals surface area (Å²) in [6, 6.07) is 5.65. The Labute approximate surface area is 148 Å². The van der Waals surface area contributed by atoms with E-state index < -0.39 is 42.3 Å². The van der Waals surface area contributed by atoms with Gasteiger partial charge in [0.2, 0.25) is 5.91 Å². The van der Waals surface area contributed by atoms with Crippen molar-refractivity contribution in [2.45, 2.75) is 13.0 Å². The van der Waals surface area contributed by atoms with E-state index in [-0.39, 0.29) is 18.8 Å². The summed E-state index contributed by atoms with van der Waals surface area (Å²) in [6.07, 6.45) is -1.06. The molecule has 1 saturated heterocycles. The van der Waals surface area contributed by atoms with Crippen molar-refractivity contribution in [3.05, 3.63) is 24.3 Å². The molecule has 10 heteroatoms. The fourth-order valence-electron chi connectivity index (χ4n) is 2.81. The smallest absolute Gasteiger partial charge is 0.334 e. The second-order valence-electron chi connectivity index (χ2n) is 5.70.